The molecule has 0 aliphatic heterocycles. The van der Waals surface area contributed by atoms with E-state index in [2.05, 4.69) is 26.1 Å². The van der Waals surface area contributed by atoms with Crippen molar-refractivity contribution < 1.29 is 24.1 Å². The molecule has 0 fully saturated rings. The fourth-order valence-corrected chi connectivity index (χ4v) is 2.70. The Morgan fingerprint density at radius 1 is 0.939 bits per heavy atom. The molecule has 0 aliphatic carbocycles. The Morgan fingerprint density at radius 2 is 1.64 bits per heavy atom. The number of nitrogens with zero attached hydrogens (tertiary/aromatic N) is 4. The van der Waals surface area contributed by atoms with E-state index in [4.69, 9.17) is 9.47 Å². The van der Waals surface area contributed by atoms with E-state index in [0.717, 1.165) is 18.5 Å². The van der Waals surface area contributed by atoms with Crippen molar-refractivity contribution in [1.29, 1.82) is 0 Å². The van der Waals surface area contributed by atoms with Gasteiger partial charge in [0.25, 0.3) is 11.6 Å². The van der Waals surface area contributed by atoms with Crippen molar-refractivity contribution in [3.8, 4) is 11.5 Å². The molecule has 0 spiro atoms. The number of hydrogen-bond donors (Lipinski definition) is 3. The minimum Gasteiger partial charge on any atom is -0.497 e. The molecule has 1 aromatic heterocycles. The number of nitro benzene ring substituents is 1. The van der Waals surface area contributed by atoms with Crippen LogP contribution in [0.25, 0.3) is 0 Å². The van der Waals surface area contributed by atoms with E-state index in [1.54, 1.807) is 18.2 Å². The number of nitro groups is 2. The molecule has 170 valence electrons. The molecule has 0 saturated heterocycles. The van der Waals surface area contributed by atoms with Gasteiger partial charge in [-0.2, -0.15) is 0 Å². The molecule has 3 rings (SSSR count). The molecule has 0 radical (unpaired) electrons. The summed E-state index contributed by atoms with van der Waals surface area (Å²) in [7, 11) is 2.90. The molecular weight excluding hydrogens is 438 g/mol. The highest BCUT2D eigenvalue weighted by Crippen LogP contribution is 2.35. The van der Waals surface area contributed by atoms with Gasteiger partial charge in [0.1, 0.15) is 17.8 Å². The maximum atomic E-state index is 12.3. The Bertz CT molecular complexity index is 1200. The van der Waals surface area contributed by atoms with E-state index in [9.17, 15) is 25.0 Å². The summed E-state index contributed by atoms with van der Waals surface area (Å²) in [6.07, 6.45) is 1.06. The lowest BCUT2D eigenvalue weighted by molar-refractivity contribution is -0.384. The van der Waals surface area contributed by atoms with E-state index in [0.29, 0.717) is 17.2 Å². The summed E-state index contributed by atoms with van der Waals surface area (Å²) < 4.78 is 10.4. The predicted octanol–water partition coefficient (Wildman–Crippen LogP) is 2.81. The van der Waals surface area contributed by atoms with Crippen LogP contribution in [0.2, 0.25) is 0 Å². The van der Waals surface area contributed by atoms with Crippen LogP contribution >= 0.6 is 0 Å². The zero-order chi connectivity index (χ0) is 24.0. The number of nitrogens with one attached hydrogen (secondary N) is 3. The number of anilines is 3. The molecule has 0 atom stereocenters. The summed E-state index contributed by atoms with van der Waals surface area (Å²) in [5.74, 6) is -0.307. The molecule has 0 bridgehead atoms. The number of rotatable bonds is 9. The maximum absolute atomic E-state index is 12.3. The van der Waals surface area contributed by atoms with Crippen LogP contribution in [0.4, 0.5) is 28.7 Å². The molecule has 0 aliphatic rings. The highest BCUT2D eigenvalue weighted by Gasteiger charge is 2.24. The number of amides is 1. The summed E-state index contributed by atoms with van der Waals surface area (Å²) in [6, 6.07) is 9.62. The lowest BCUT2D eigenvalue weighted by Gasteiger charge is -2.13. The van der Waals surface area contributed by atoms with Crippen molar-refractivity contribution in [3.63, 3.8) is 0 Å². The summed E-state index contributed by atoms with van der Waals surface area (Å²) in [5, 5.41) is 25.3. The third-order valence-electron chi connectivity index (χ3n) is 4.30. The van der Waals surface area contributed by atoms with Gasteiger partial charge >= 0.3 is 5.69 Å². The number of ether oxygens (including phenoxy) is 2. The molecule has 0 unspecified atom stereocenters. The second-order valence-corrected chi connectivity index (χ2v) is 6.25. The highest BCUT2D eigenvalue weighted by molar-refractivity contribution is 5.95. The Balaban J connectivity index is 1.84. The monoisotopic (exact) mass is 455 g/mol. The van der Waals surface area contributed by atoms with Crippen molar-refractivity contribution in [2.75, 3.05) is 25.0 Å². The molecule has 3 aromatic rings. The molecule has 1 amide bonds. The SMILES string of the molecule is COc1ccc(OC)c(Nc2ncnc(NNC(=O)c3ccc([N+](=O)[O-])cc3)c2[N+](=O)[O-])c1. The van der Waals surface area contributed by atoms with E-state index in [1.165, 1.54) is 26.4 Å². The number of benzene rings is 2. The second kappa shape index (κ2) is 9.86. The fourth-order valence-electron chi connectivity index (χ4n) is 2.70. The number of non-ortho nitro benzene ring substituents is 1. The molecule has 1 heterocycles. The van der Waals surface area contributed by atoms with Crippen molar-refractivity contribution in [2.45, 2.75) is 0 Å². The second-order valence-electron chi connectivity index (χ2n) is 6.25. The molecule has 33 heavy (non-hydrogen) atoms. The van der Waals surface area contributed by atoms with Gasteiger partial charge in [-0.1, -0.05) is 0 Å². The van der Waals surface area contributed by atoms with Crippen molar-refractivity contribution in [2.24, 2.45) is 0 Å². The van der Waals surface area contributed by atoms with Crippen LogP contribution in [0.1, 0.15) is 10.4 Å². The number of carbonyl (C=O) groups excluding carboxylic acids is 1. The molecule has 14 heteroatoms. The highest BCUT2D eigenvalue weighted by atomic mass is 16.6. The zero-order valence-corrected chi connectivity index (χ0v) is 17.3. The van der Waals surface area contributed by atoms with Crippen LogP contribution < -0.4 is 25.6 Å². The summed E-state index contributed by atoms with van der Waals surface area (Å²) in [4.78, 5) is 41.2. The smallest absolute Gasteiger partial charge is 0.355 e. The normalized spacial score (nSPS) is 10.1. The lowest BCUT2D eigenvalue weighted by atomic mass is 10.2. The largest absolute Gasteiger partial charge is 0.497 e. The number of carbonyl (C=O) groups is 1. The minimum absolute atomic E-state index is 0.0873. The lowest BCUT2D eigenvalue weighted by Crippen LogP contribution is -2.30. The Hall–Kier alpha value is -5.01. The Labute approximate surface area is 185 Å². The van der Waals surface area contributed by atoms with Gasteiger partial charge in [-0.05, 0) is 24.3 Å². The van der Waals surface area contributed by atoms with Crippen LogP contribution in [0, 0.1) is 20.2 Å². The third-order valence-corrected chi connectivity index (χ3v) is 4.30. The Kier molecular flexibility index (Phi) is 6.78. The van der Waals surface area contributed by atoms with Crippen LogP contribution in [-0.2, 0) is 0 Å². The van der Waals surface area contributed by atoms with Gasteiger partial charge < -0.3 is 14.8 Å². The van der Waals surface area contributed by atoms with Crippen molar-refractivity contribution in [3.05, 3.63) is 74.6 Å². The zero-order valence-electron chi connectivity index (χ0n) is 17.3. The molecule has 0 saturated carbocycles. The fraction of sp³-hybridized carbons (Fsp3) is 0.105. The predicted molar refractivity (Wildman–Crippen MR) is 116 cm³/mol. The number of hydrogen-bond acceptors (Lipinski definition) is 11. The molecule has 3 N–H and O–H groups in total. The third kappa shape index (κ3) is 5.19. The van der Waals surface area contributed by atoms with Gasteiger partial charge in [-0.25, -0.2) is 9.97 Å². The maximum Gasteiger partial charge on any atom is 0.355 e. The van der Waals surface area contributed by atoms with Gasteiger partial charge in [-0.3, -0.25) is 35.9 Å². The van der Waals surface area contributed by atoms with Crippen LogP contribution in [0.5, 0.6) is 11.5 Å². The summed E-state index contributed by atoms with van der Waals surface area (Å²) in [6.45, 7) is 0. The van der Waals surface area contributed by atoms with Gasteiger partial charge in [0.2, 0.25) is 11.6 Å². The topological polar surface area (TPSA) is 184 Å². The summed E-state index contributed by atoms with van der Waals surface area (Å²) in [5.41, 5.74) is 4.35. The Morgan fingerprint density at radius 3 is 2.24 bits per heavy atom. The first-order valence-electron chi connectivity index (χ1n) is 9.13. The number of aromatic nitrogens is 2. The molecule has 14 nitrogen and oxygen atoms in total. The van der Waals surface area contributed by atoms with Crippen molar-refractivity contribution in [1.82, 2.24) is 15.4 Å². The number of methoxy groups -OCH3 is 2. The van der Waals surface area contributed by atoms with E-state index >= 15 is 0 Å². The quantitative estimate of drug-likeness (QED) is 0.318. The summed E-state index contributed by atoms with van der Waals surface area (Å²) >= 11 is 0. The van der Waals surface area contributed by atoms with E-state index < -0.39 is 21.4 Å². The average molecular weight is 455 g/mol. The number of hydrazine groups is 1. The standard InChI is InChI=1S/C19H17N7O7/c1-32-13-7-8-15(33-2)14(9-13)22-17-16(26(30)31)18(21-10-20-17)23-24-19(27)11-3-5-12(6-4-11)25(28)29/h3-10H,1-2H3,(H,24,27)(H2,20,21,22,23). The van der Waals surface area contributed by atoms with Gasteiger partial charge in [0, 0.05) is 23.8 Å². The van der Waals surface area contributed by atoms with Gasteiger partial charge in [0.15, 0.2) is 0 Å². The first-order chi connectivity index (χ1) is 15.8. The van der Waals surface area contributed by atoms with Crippen LogP contribution in [0.3, 0.4) is 0 Å². The van der Waals surface area contributed by atoms with E-state index in [-0.39, 0.29) is 22.9 Å². The molecule has 2 aromatic carbocycles. The van der Waals surface area contributed by atoms with Crippen molar-refractivity contribution >= 4 is 34.6 Å². The first-order valence-corrected chi connectivity index (χ1v) is 9.13. The molecular formula is C19H17N7O7. The minimum atomic E-state index is -0.727. The van der Waals surface area contributed by atoms with Crippen LogP contribution in [0.15, 0.2) is 48.8 Å². The average Bonchev–Trinajstić information content (AvgIpc) is 2.82. The van der Waals surface area contributed by atoms with Gasteiger partial charge in [0.05, 0.1) is 29.8 Å². The van der Waals surface area contributed by atoms with Gasteiger partial charge in [-0.15, -0.1) is 0 Å². The van der Waals surface area contributed by atoms with Crippen LogP contribution in [-0.4, -0.2) is 39.9 Å². The van der Waals surface area contributed by atoms with E-state index in [1.807, 2.05) is 0 Å². The first kappa shape index (κ1) is 22.7.